The molecule has 0 bridgehead atoms. The molecule has 3 heterocycles. The highest BCUT2D eigenvalue weighted by Gasteiger charge is 2.24. The van der Waals surface area contributed by atoms with Crippen LogP contribution in [0.1, 0.15) is 42.5 Å². The van der Waals surface area contributed by atoms with E-state index in [1.165, 1.54) is 0 Å². The van der Waals surface area contributed by atoms with Crippen LogP contribution in [0.2, 0.25) is 0 Å². The summed E-state index contributed by atoms with van der Waals surface area (Å²) in [5, 5.41) is 12.8. The quantitative estimate of drug-likeness (QED) is 0.483. The zero-order chi connectivity index (χ0) is 21.1. The maximum absolute atomic E-state index is 13.4. The van der Waals surface area contributed by atoms with E-state index in [1.807, 2.05) is 59.3 Å². The molecule has 1 unspecified atom stereocenters. The molecule has 30 heavy (non-hydrogen) atoms. The molecule has 3 aromatic heterocycles. The summed E-state index contributed by atoms with van der Waals surface area (Å²) in [6.07, 6.45) is 4.61. The Morgan fingerprint density at radius 1 is 1.13 bits per heavy atom. The molecule has 0 aliphatic heterocycles. The molecule has 1 aromatic carbocycles. The van der Waals surface area contributed by atoms with Crippen LogP contribution in [0.4, 0.5) is 0 Å². The van der Waals surface area contributed by atoms with Gasteiger partial charge in [0.25, 0.3) is 5.91 Å². The Labute approximate surface area is 175 Å². The van der Waals surface area contributed by atoms with Gasteiger partial charge in [0.15, 0.2) is 11.5 Å². The summed E-state index contributed by atoms with van der Waals surface area (Å²) >= 11 is 0. The number of hydrogen-bond acceptors (Lipinski definition) is 4. The van der Waals surface area contributed by atoms with E-state index in [0.29, 0.717) is 24.6 Å². The number of para-hydroxylation sites is 1. The third-order valence-electron chi connectivity index (χ3n) is 5.23. The van der Waals surface area contributed by atoms with Crippen LogP contribution in [0.3, 0.4) is 0 Å². The number of hydrogen-bond donors (Lipinski definition) is 1. The van der Waals surface area contributed by atoms with Crippen molar-refractivity contribution < 1.29 is 9.53 Å². The molecule has 1 N–H and O–H groups in total. The van der Waals surface area contributed by atoms with Crippen molar-refractivity contribution in [1.82, 2.24) is 24.5 Å². The largest absolute Gasteiger partial charge is 0.383 e. The highest BCUT2D eigenvalue weighted by molar-refractivity contribution is 6.07. The van der Waals surface area contributed by atoms with Gasteiger partial charge >= 0.3 is 0 Å². The fourth-order valence-electron chi connectivity index (χ4n) is 3.84. The lowest BCUT2D eigenvalue weighted by molar-refractivity contribution is 0.0931. The molecule has 0 aliphatic carbocycles. The predicted octanol–water partition coefficient (Wildman–Crippen LogP) is 3.85. The SMILES string of the molecule is COCCn1cc(C(=O)NC(CC(C)C)c2nnc3ccccn23)c2ccccc21. The van der Waals surface area contributed by atoms with Crippen molar-refractivity contribution >= 4 is 22.5 Å². The van der Waals surface area contributed by atoms with Gasteiger partial charge in [-0.25, -0.2) is 0 Å². The number of carbonyl (C=O) groups excluding carboxylic acids is 1. The summed E-state index contributed by atoms with van der Waals surface area (Å²) in [5.74, 6) is 1.02. The minimum absolute atomic E-state index is 0.110. The van der Waals surface area contributed by atoms with Crippen molar-refractivity contribution in [2.24, 2.45) is 5.92 Å². The smallest absolute Gasteiger partial charge is 0.254 e. The molecule has 7 heteroatoms. The number of fused-ring (bicyclic) bond motifs is 2. The number of pyridine rings is 1. The summed E-state index contributed by atoms with van der Waals surface area (Å²) in [6.45, 7) is 5.55. The van der Waals surface area contributed by atoms with Crippen molar-refractivity contribution in [2.45, 2.75) is 32.9 Å². The van der Waals surface area contributed by atoms with Gasteiger partial charge in [0.05, 0.1) is 18.2 Å². The van der Waals surface area contributed by atoms with Crippen molar-refractivity contribution in [1.29, 1.82) is 0 Å². The van der Waals surface area contributed by atoms with Crippen LogP contribution in [0.25, 0.3) is 16.6 Å². The van der Waals surface area contributed by atoms with Crippen LogP contribution in [0, 0.1) is 5.92 Å². The zero-order valence-electron chi connectivity index (χ0n) is 17.6. The van der Waals surface area contributed by atoms with Gasteiger partial charge in [0.1, 0.15) is 0 Å². The molecule has 0 fully saturated rings. The predicted molar refractivity (Wildman–Crippen MR) is 116 cm³/mol. The highest BCUT2D eigenvalue weighted by atomic mass is 16.5. The van der Waals surface area contributed by atoms with E-state index in [2.05, 4.69) is 33.9 Å². The monoisotopic (exact) mass is 405 g/mol. The molecular formula is C23H27N5O2. The van der Waals surface area contributed by atoms with E-state index in [-0.39, 0.29) is 11.9 Å². The molecule has 0 saturated carbocycles. The van der Waals surface area contributed by atoms with Gasteiger partial charge in [-0.1, -0.05) is 38.1 Å². The number of benzene rings is 1. The molecule has 0 saturated heterocycles. The second kappa shape index (κ2) is 8.67. The molecule has 1 amide bonds. The van der Waals surface area contributed by atoms with E-state index in [9.17, 15) is 4.79 Å². The standard InChI is InChI=1S/C23H27N5O2/c1-16(2)14-19(22-26-25-21-10-6-7-11-28(21)22)24-23(29)18-15-27(12-13-30-3)20-9-5-4-8-17(18)20/h4-11,15-16,19H,12-14H2,1-3H3,(H,24,29). The Balaban J connectivity index is 1.68. The summed E-state index contributed by atoms with van der Waals surface area (Å²) in [6, 6.07) is 13.5. The number of ether oxygens (including phenoxy) is 1. The Kier molecular flexibility index (Phi) is 5.81. The first kappa shape index (κ1) is 20.1. The second-order valence-corrected chi connectivity index (χ2v) is 7.89. The van der Waals surface area contributed by atoms with Crippen molar-refractivity contribution in [3.05, 3.63) is 66.2 Å². The number of nitrogens with one attached hydrogen (secondary N) is 1. The Morgan fingerprint density at radius 3 is 2.73 bits per heavy atom. The molecule has 1 atom stereocenters. The van der Waals surface area contributed by atoms with Gasteiger partial charge < -0.3 is 14.6 Å². The lowest BCUT2D eigenvalue weighted by Gasteiger charge is -2.19. The summed E-state index contributed by atoms with van der Waals surface area (Å²) in [7, 11) is 1.68. The molecule has 0 radical (unpaired) electrons. The van der Waals surface area contributed by atoms with Gasteiger partial charge in [0, 0.05) is 37.0 Å². The number of methoxy groups -OCH3 is 1. The van der Waals surface area contributed by atoms with E-state index < -0.39 is 0 Å². The average Bonchev–Trinajstić information content (AvgIpc) is 3.33. The van der Waals surface area contributed by atoms with E-state index in [1.54, 1.807) is 7.11 Å². The van der Waals surface area contributed by atoms with Gasteiger partial charge in [-0.2, -0.15) is 0 Å². The van der Waals surface area contributed by atoms with Crippen molar-refractivity contribution in [3.63, 3.8) is 0 Å². The Hall–Kier alpha value is -3.19. The number of amides is 1. The number of nitrogens with zero attached hydrogens (tertiary/aromatic N) is 4. The average molecular weight is 406 g/mol. The lowest BCUT2D eigenvalue weighted by atomic mass is 10.0. The first-order valence-electron chi connectivity index (χ1n) is 10.3. The van der Waals surface area contributed by atoms with Gasteiger partial charge in [-0.05, 0) is 30.5 Å². The van der Waals surface area contributed by atoms with Crippen LogP contribution >= 0.6 is 0 Å². The number of carbonyl (C=O) groups is 1. The summed E-state index contributed by atoms with van der Waals surface area (Å²) in [5.41, 5.74) is 2.45. The third kappa shape index (κ3) is 3.93. The molecule has 4 rings (SSSR count). The highest BCUT2D eigenvalue weighted by Crippen LogP contribution is 2.25. The number of rotatable bonds is 8. The third-order valence-corrected chi connectivity index (χ3v) is 5.23. The maximum Gasteiger partial charge on any atom is 0.254 e. The van der Waals surface area contributed by atoms with Gasteiger partial charge in [-0.15, -0.1) is 10.2 Å². The summed E-state index contributed by atoms with van der Waals surface area (Å²) < 4.78 is 9.23. The van der Waals surface area contributed by atoms with E-state index in [4.69, 9.17) is 4.74 Å². The first-order chi connectivity index (χ1) is 14.6. The van der Waals surface area contributed by atoms with Crippen molar-refractivity contribution in [2.75, 3.05) is 13.7 Å². The van der Waals surface area contributed by atoms with Crippen LogP contribution in [0.15, 0.2) is 54.9 Å². The van der Waals surface area contributed by atoms with Crippen LogP contribution in [-0.2, 0) is 11.3 Å². The minimum Gasteiger partial charge on any atom is -0.383 e. The molecule has 0 aliphatic rings. The van der Waals surface area contributed by atoms with Gasteiger partial charge in [0.2, 0.25) is 0 Å². The maximum atomic E-state index is 13.4. The fraction of sp³-hybridized carbons (Fsp3) is 0.348. The van der Waals surface area contributed by atoms with E-state index >= 15 is 0 Å². The molecule has 0 spiro atoms. The topological polar surface area (TPSA) is 73.4 Å². The Morgan fingerprint density at radius 2 is 1.93 bits per heavy atom. The molecule has 4 aromatic rings. The van der Waals surface area contributed by atoms with Gasteiger partial charge in [-0.3, -0.25) is 9.20 Å². The van der Waals surface area contributed by atoms with Crippen LogP contribution in [0.5, 0.6) is 0 Å². The second-order valence-electron chi connectivity index (χ2n) is 7.89. The molecule has 7 nitrogen and oxygen atoms in total. The van der Waals surface area contributed by atoms with Crippen LogP contribution in [-0.4, -0.2) is 38.8 Å². The minimum atomic E-state index is -0.240. The first-order valence-corrected chi connectivity index (χ1v) is 10.3. The normalized spacial score (nSPS) is 12.7. The summed E-state index contributed by atoms with van der Waals surface area (Å²) in [4.78, 5) is 13.4. The zero-order valence-corrected chi connectivity index (χ0v) is 17.6. The number of aromatic nitrogens is 4. The molecular weight excluding hydrogens is 378 g/mol. The van der Waals surface area contributed by atoms with E-state index in [0.717, 1.165) is 28.8 Å². The van der Waals surface area contributed by atoms with Crippen LogP contribution < -0.4 is 5.32 Å². The lowest BCUT2D eigenvalue weighted by Crippen LogP contribution is -2.30. The fourth-order valence-corrected chi connectivity index (χ4v) is 3.84. The van der Waals surface area contributed by atoms with Crippen molar-refractivity contribution in [3.8, 4) is 0 Å². The Bertz CT molecular complexity index is 1160. The molecule has 156 valence electrons.